The van der Waals surface area contributed by atoms with Crippen LogP contribution in [0.5, 0.6) is 5.75 Å². The lowest BCUT2D eigenvalue weighted by atomic mass is 9.89. The number of fused-ring (bicyclic) bond motifs is 2. The van der Waals surface area contributed by atoms with Crippen LogP contribution in [-0.2, 0) is 11.3 Å². The van der Waals surface area contributed by atoms with Gasteiger partial charge >= 0.3 is 6.61 Å². The third kappa shape index (κ3) is 4.44. The van der Waals surface area contributed by atoms with Gasteiger partial charge in [0.1, 0.15) is 5.75 Å². The maximum absolute atomic E-state index is 12.4. The van der Waals surface area contributed by atoms with Gasteiger partial charge in [0.15, 0.2) is 0 Å². The summed E-state index contributed by atoms with van der Waals surface area (Å²) in [6.45, 7) is -2.34. The fraction of sp³-hybridized carbons (Fsp3) is 0.611. The van der Waals surface area contributed by atoms with Crippen LogP contribution in [0.2, 0.25) is 0 Å². The molecule has 3 rings (SSSR count). The molecule has 2 bridgehead atoms. The Morgan fingerprint density at radius 3 is 2.46 bits per heavy atom. The average Bonchev–Trinajstić information content (AvgIpc) is 2.87. The van der Waals surface area contributed by atoms with E-state index in [0.29, 0.717) is 31.0 Å². The lowest BCUT2D eigenvalue weighted by Gasteiger charge is -2.30. The Labute approximate surface area is 141 Å². The van der Waals surface area contributed by atoms with Crippen LogP contribution in [0.25, 0.3) is 0 Å². The number of carbonyl (C=O) groups is 1. The summed E-state index contributed by atoms with van der Waals surface area (Å²) in [4.78, 5) is 14.2. The summed E-state index contributed by atoms with van der Waals surface area (Å²) in [6, 6.07) is 7.62. The van der Waals surface area contributed by atoms with Gasteiger partial charge in [0.25, 0.3) is 0 Å². The molecular formula is C18H24F2N2O2. The van der Waals surface area contributed by atoms with Gasteiger partial charge in [-0.25, -0.2) is 0 Å². The minimum absolute atomic E-state index is 0.132. The second-order valence-electron chi connectivity index (χ2n) is 6.95. The number of amides is 1. The summed E-state index contributed by atoms with van der Waals surface area (Å²) in [7, 11) is 1.79. The molecule has 4 nitrogen and oxygen atoms in total. The van der Waals surface area contributed by atoms with Crippen LogP contribution in [0.4, 0.5) is 8.78 Å². The molecule has 0 saturated carbocycles. The molecule has 2 unspecified atom stereocenters. The summed E-state index contributed by atoms with van der Waals surface area (Å²) < 4.78 is 28.6. The van der Waals surface area contributed by atoms with E-state index < -0.39 is 6.61 Å². The van der Waals surface area contributed by atoms with Gasteiger partial charge < -0.3 is 15.0 Å². The second-order valence-corrected chi connectivity index (χ2v) is 6.95. The predicted molar refractivity (Wildman–Crippen MR) is 86.8 cm³/mol. The highest BCUT2D eigenvalue weighted by molar-refractivity contribution is 5.76. The zero-order valence-corrected chi connectivity index (χ0v) is 13.9. The van der Waals surface area contributed by atoms with E-state index in [2.05, 4.69) is 10.1 Å². The Bertz CT molecular complexity index is 553. The molecule has 132 valence electrons. The molecule has 0 aliphatic carbocycles. The Morgan fingerprint density at radius 1 is 1.25 bits per heavy atom. The minimum atomic E-state index is -2.82. The molecule has 2 heterocycles. The number of hydrogen-bond acceptors (Lipinski definition) is 3. The fourth-order valence-corrected chi connectivity index (χ4v) is 3.88. The zero-order chi connectivity index (χ0) is 17.1. The van der Waals surface area contributed by atoms with Crippen molar-refractivity contribution >= 4 is 5.91 Å². The number of nitrogens with one attached hydrogen (secondary N) is 1. The number of hydrogen-bond donors (Lipinski definition) is 1. The Balaban J connectivity index is 1.48. The van der Waals surface area contributed by atoms with Crippen LogP contribution in [0.15, 0.2) is 24.3 Å². The fourth-order valence-electron chi connectivity index (χ4n) is 3.88. The van der Waals surface area contributed by atoms with E-state index in [1.807, 2.05) is 0 Å². The quantitative estimate of drug-likeness (QED) is 0.866. The van der Waals surface area contributed by atoms with Crippen molar-refractivity contribution in [1.29, 1.82) is 0 Å². The van der Waals surface area contributed by atoms with Crippen LogP contribution in [-0.4, -0.2) is 36.5 Å². The van der Waals surface area contributed by atoms with Crippen molar-refractivity contribution in [2.24, 2.45) is 5.92 Å². The number of carbonyl (C=O) groups excluding carboxylic acids is 1. The number of ether oxygens (including phenoxy) is 1. The van der Waals surface area contributed by atoms with Gasteiger partial charge in [-0.1, -0.05) is 12.1 Å². The molecular weight excluding hydrogens is 314 g/mol. The van der Waals surface area contributed by atoms with Crippen molar-refractivity contribution in [3.05, 3.63) is 29.8 Å². The normalized spacial score (nSPS) is 25.8. The summed E-state index contributed by atoms with van der Waals surface area (Å²) in [6.07, 6.45) is 5.25. The van der Waals surface area contributed by atoms with E-state index >= 15 is 0 Å². The molecule has 6 heteroatoms. The summed E-state index contributed by atoms with van der Waals surface area (Å²) >= 11 is 0. The highest BCUT2D eigenvalue weighted by atomic mass is 19.3. The van der Waals surface area contributed by atoms with Crippen molar-refractivity contribution in [1.82, 2.24) is 10.2 Å². The first-order chi connectivity index (χ1) is 11.5. The van der Waals surface area contributed by atoms with Gasteiger partial charge in [0, 0.05) is 32.1 Å². The molecule has 2 aliphatic heterocycles. The molecule has 1 aromatic carbocycles. The maximum atomic E-state index is 12.4. The molecule has 0 aromatic heterocycles. The Morgan fingerprint density at radius 2 is 1.88 bits per heavy atom. The van der Waals surface area contributed by atoms with Crippen molar-refractivity contribution < 1.29 is 18.3 Å². The van der Waals surface area contributed by atoms with E-state index in [4.69, 9.17) is 0 Å². The van der Waals surface area contributed by atoms with Crippen LogP contribution in [0, 0.1) is 5.92 Å². The number of rotatable bonds is 6. The first-order valence-corrected chi connectivity index (χ1v) is 8.53. The lowest BCUT2D eigenvalue weighted by Crippen LogP contribution is -2.39. The number of halogens is 2. The largest absolute Gasteiger partial charge is 0.435 e. The number of benzene rings is 1. The molecule has 1 amide bonds. The SMILES string of the molecule is CN(Cc1ccc(OC(F)F)cc1)C(=O)CC1CC2CCC(C1)N2. The van der Waals surface area contributed by atoms with E-state index in [1.54, 1.807) is 24.1 Å². The molecule has 0 spiro atoms. The Hall–Kier alpha value is -1.69. The van der Waals surface area contributed by atoms with E-state index in [9.17, 15) is 13.6 Å². The summed E-state index contributed by atoms with van der Waals surface area (Å²) in [5.74, 6) is 0.752. The average molecular weight is 338 g/mol. The molecule has 2 aliphatic rings. The smallest absolute Gasteiger partial charge is 0.387 e. The van der Waals surface area contributed by atoms with Crippen molar-refractivity contribution in [3.8, 4) is 5.75 Å². The highest BCUT2D eigenvalue weighted by Crippen LogP contribution is 2.33. The van der Waals surface area contributed by atoms with Gasteiger partial charge in [-0.3, -0.25) is 4.79 Å². The topological polar surface area (TPSA) is 41.6 Å². The Kier molecular flexibility index (Phi) is 5.33. The molecule has 2 atom stereocenters. The van der Waals surface area contributed by atoms with Crippen LogP contribution in [0.1, 0.15) is 37.7 Å². The number of alkyl halides is 2. The number of piperidine rings is 1. The summed E-state index contributed by atoms with van der Waals surface area (Å²) in [5, 5.41) is 3.59. The van der Waals surface area contributed by atoms with Gasteiger partial charge in [-0.05, 0) is 49.3 Å². The summed E-state index contributed by atoms with van der Waals surface area (Å²) in [5.41, 5.74) is 0.901. The zero-order valence-electron chi connectivity index (χ0n) is 13.9. The standard InChI is InChI=1S/C18H24F2N2O2/c1-22(11-12-2-6-16(7-3-12)24-18(19)20)17(23)10-13-8-14-4-5-15(9-13)21-14/h2-3,6-7,13-15,18,21H,4-5,8-11H2,1H3. The predicted octanol–water partition coefficient (Wildman–Crippen LogP) is 3.17. The van der Waals surface area contributed by atoms with Gasteiger partial charge in [0.05, 0.1) is 0 Å². The monoisotopic (exact) mass is 338 g/mol. The molecule has 24 heavy (non-hydrogen) atoms. The van der Waals surface area contributed by atoms with Crippen LogP contribution in [0.3, 0.4) is 0 Å². The molecule has 0 radical (unpaired) electrons. The van der Waals surface area contributed by atoms with E-state index in [-0.39, 0.29) is 11.7 Å². The van der Waals surface area contributed by atoms with Crippen LogP contribution >= 0.6 is 0 Å². The third-order valence-electron chi connectivity index (χ3n) is 5.03. The van der Waals surface area contributed by atoms with Crippen molar-refractivity contribution in [2.45, 2.75) is 57.3 Å². The minimum Gasteiger partial charge on any atom is -0.435 e. The van der Waals surface area contributed by atoms with Crippen LogP contribution < -0.4 is 10.1 Å². The third-order valence-corrected chi connectivity index (χ3v) is 5.03. The molecule has 1 N–H and O–H groups in total. The van der Waals surface area contributed by atoms with Gasteiger partial charge in [-0.2, -0.15) is 8.78 Å². The maximum Gasteiger partial charge on any atom is 0.387 e. The number of nitrogens with zero attached hydrogens (tertiary/aromatic N) is 1. The molecule has 2 saturated heterocycles. The van der Waals surface area contributed by atoms with Crippen molar-refractivity contribution in [3.63, 3.8) is 0 Å². The van der Waals surface area contributed by atoms with E-state index in [0.717, 1.165) is 18.4 Å². The first kappa shape index (κ1) is 17.1. The van der Waals surface area contributed by atoms with Crippen molar-refractivity contribution in [2.75, 3.05) is 7.05 Å². The second kappa shape index (κ2) is 7.47. The molecule has 2 fully saturated rings. The first-order valence-electron chi connectivity index (χ1n) is 8.53. The van der Waals surface area contributed by atoms with Gasteiger partial charge in [-0.15, -0.1) is 0 Å². The van der Waals surface area contributed by atoms with E-state index in [1.165, 1.54) is 25.0 Å². The highest BCUT2D eigenvalue weighted by Gasteiger charge is 2.34. The van der Waals surface area contributed by atoms with Gasteiger partial charge in [0.2, 0.25) is 5.91 Å². The molecule has 1 aromatic rings. The lowest BCUT2D eigenvalue weighted by molar-refractivity contribution is -0.131.